The third kappa shape index (κ3) is 8.44. The molecule has 3 saturated heterocycles. The zero-order chi connectivity index (χ0) is 29.3. The lowest BCUT2D eigenvalue weighted by molar-refractivity contribution is 0.168. The summed E-state index contributed by atoms with van der Waals surface area (Å²) in [5.74, 6) is 4.27. The van der Waals surface area contributed by atoms with E-state index in [1.165, 1.54) is 110 Å². The highest BCUT2D eigenvalue weighted by atomic mass is 16.5. The summed E-state index contributed by atoms with van der Waals surface area (Å²) >= 11 is 0. The van der Waals surface area contributed by atoms with Crippen molar-refractivity contribution in [3.8, 4) is 11.5 Å². The van der Waals surface area contributed by atoms with Gasteiger partial charge in [-0.1, -0.05) is 38.5 Å². The number of hydrogen-bond donors (Lipinski definition) is 1. The summed E-state index contributed by atoms with van der Waals surface area (Å²) in [5, 5.41) is 4.92. The largest absolute Gasteiger partial charge is 0.493 e. The van der Waals surface area contributed by atoms with E-state index >= 15 is 0 Å². The molecule has 0 unspecified atom stereocenters. The van der Waals surface area contributed by atoms with Crippen LogP contribution in [0.2, 0.25) is 0 Å². The Morgan fingerprint density at radius 2 is 1.44 bits per heavy atom. The summed E-state index contributed by atoms with van der Waals surface area (Å²) in [6.07, 6.45) is 19.5. The highest BCUT2D eigenvalue weighted by Gasteiger charge is 2.25. The predicted octanol–water partition coefficient (Wildman–Crippen LogP) is 6.73. The summed E-state index contributed by atoms with van der Waals surface area (Å²) in [4.78, 5) is 18.0. The van der Waals surface area contributed by atoms with Crippen LogP contribution in [0.15, 0.2) is 12.1 Å². The van der Waals surface area contributed by atoms with E-state index in [0.29, 0.717) is 12.6 Å². The first-order valence-electron chi connectivity index (χ1n) is 17.7. The first-order chi connectivity index (χ1) is 21.2. The maximum absolute atomic E-state index is 6.34. The average molecular weight is 593 g/mol. The van der Waals surface area contributed by atoms with E-state index in [0.717, 1.165) is 79.0 Å². The Labute approximate surface area is 259 Å². The molecule has 1 aliphatic carbocycles. The lowest BCUT2D eigenvalue weighted by Crippen LogP contribution is -2.41. The summed E-state index contributed by atoms with van der Waals surface area (Å²) in [7, 11) is 1.74. The minimum Gasteiger partial charge on any atom is -0.493 e. The summed E-state index contributed by atoms with van der Waals surface area (Å²) in [6, 6.07) is 4.62. The van der Waals surface area contributed by atoms with Crippen LogP contribution in [0.5, 0.6) is 11.5 Å². The van der Waals surface area contributed by atoms with Crippen LogP contribution in [-0.4, -0.2) is 91.9 Å². The fraction of sp³-hybridized carbons (Fsp3) is 0.771. The van der Waals surface area contributed by atoms with Crippen LogP contribution in [-0.2, 0) is 0 Å². The molecule has 6 rings (SSSR count). The Kier molecular flexibility index (Phi) is 11.1. The Bertz CT molecular complexity index is 1130. The zero-order valence-electron chi connectivity index (χ0n) is 26.8. The molecule has 2 aromatic rings. The van der Waals surface area contributed by atoms with Crippen molar-refractivity contribution in [2.45, 2.75) is 102 Å². The molecular weight excluding hydrogens is 536 g/mol. The van der Waals surface area contributed by atoms with Crippen molar-refractivity contribution in [3.05, 3.63) is 12.1 Å². The highest BCUT2D eigenvalue weighted by Crippen LogP contribution is 2.36. The van der Waals surface area contributed by atoms with Crippen molar-refractivity contribution in [2.24, 2.45) is 5.92 Å². The Morgan fingerprint density at radius 1 is 0.744 bits per heavy atom. The molecule has 4 heterocycles. The maximum atomic E-state index is 6.34. The Balaban J connectivity index is 1.17. The standard InChI is InChI=1S/C35H56N6O2/c1-42-32-25-30-31(26-33(32)43-24-12-19-39-17-8-5-9-18-39)37-35(41-20-10-2-3-11-21-41)38-34(30)36-29-15-22-40(23-16-29)27-28-13-6-4-7-14-28/h25-26,28-29H,2-24,27H2,1H3,(H,36,37,38). The number of likely N-dealkylation sites (tertiary alicyclic amines) is 2. The van der Waals surface area contributed by atoms with Gasteiger partial charge in [-0.25, -0.2) is 4.98 Å². The van der Waals surface area contributed by atoms with E-state index in [-0.39, 0.29) is 0 Å². The van der Waals surface area contributed by atoms with Gasteiger partial charge in [0.15, 0.2) is 11.5 Å². The number of aromatic nitrogens is 2. The number of methoxy groups -OCH3 is 1. The zero-order valence-corrected chi connectivity index (χ0v) is 26.8. The number of fused-ring (bicyclic) bond motifs is 1. The van der Waals surface area contributed by atoms with E-state index in [1.54, 1.807) is 7.11 Å². The smallest absolute Gasteiger partial charge is 0.227 e. The van der Waals surface area contributed by atoms with Crippen molar-refractivity contribution in [2.75, 3.05) is 76.3 Å². The van der Waals surface area contributed by atoms with Gasteiger partial charge < -0.3 is 29.5 Å². The molecule has 0 radical (unpaired) electrons. The molecule has 4 aliphatic rings. The van der Waals surface area contributed by atoms with Crippen molar-refractivity contribution in [1.82, 2.24) is 19.8 Å². The fourth-order valence-electron chi connectivity index (χ4n) is 7.76. The lowest BCUT2D eigenvalue weighted by atomic mass is 9.88. The Hall–Kier alpha value is -2.32. The van der Waals surface area contributed by atoms with Gasteiger partial charge in [0, 0.05) is 56.8 Å². The van der Waals surface area contributed by atoms with Crippen molar-refractivity contribution in [1.29, 1.82) is 0 Å². The SMILES string of the molecule is COc1cc2c(NC3CCN(CC4CCCCC4)CC3)nc(N3CCCCCC3)nc2cc1OCCCN1CCCCC1. The van der Waals surface area contributed by atoms with Gasteiger partial charge in [-0.3, -0.25) is 0 Å². The van der Waals surface area contributed by atoms with Gasteiger partial charge in [0.1, 0.15) is 5.82 Å². The monoisotopic (exact) mass is 592 g/mol. The molecule has 8 heteroatoms. The highest BCUT2D eigenvalue weighted by molar-refractivity contribution is 5.93. The molecule has 1 N–H and O–H groups in total. The molecular formula is C35H56N6O2. The van der Waals surface area contributed by atoms with E-state index < -0.39 is 0 Å². The van der Waals surface area contributed by atoms with Crippen molar-refractivity contribution >= 4 is 22.7 Å². The predicted molar refractivity (Wildman–Crippen MR) is 177 cm³/mol. The number of nitrogens with zero attached hydrogens (tertiary/aromatic N) is 5. The van der Waals surface area contributed by atoms with Gasteiger partial charge >= 0.3 is 0 Å². The van der Waals surface area contributed by atoms with E-state index in [2.05, 4.69) is 32.1 Å². The second-order valence-corrected chi connectivity index (χ2v) is 13.6. The van der Waals surface area contributed by atoms with Crippen LogP contribution >= 0.6 is 0 Å². The third-order valence-corrected chi connectivity index (χ3v) is 10.4. The second kappa shape index (κ2) is 15.6. The number of ether oxygens (including phenoxy) is 2. The molecule has 43 heavy (non-hydrogen) atoms. The first-order valence-corrected chi connectivity index (χ1v) is 17.7. The summed E-state index contributed by atoms with van der Waals surface area (Å²) in [5.41, 5.74) is 0.943. The van der Waals surface area contributed by atoms with Crippen molar-refractivity contribution in [3.63, 3.8) is 0 Å². The molecule has 238 valence electrons. The summed E-state index contributed by atoms with van der Waals surface area (Å²) in [6.45, 7) is 9.94. The topological polar surface area (TPSA) is 66.0 Å². The molecule has 1 saturated carbocycles. The number of piperidine rings is 2. The minimum atomic E-state index is 0.425. The van der Waals surface area contributed by atoms with Gasteiger partial charge in [0.25, 0.3) is 0 Å². The van der Waals surface area contributed by atoms with Crippen LogP contribution in [0.1, 0.15) is 96.3 Å². The fourth-order valence-corrected chi connectivity index (χ4v) is 7.76. The molecule has 0 amide bonds. The van der Waals surface area contributed by atoms with E-state index in [9.17, 15) is 0 Å². The van der Waals surface area contributed by atoms with E-state index in [4.69, 9.17) is 19.4 Å². The third-order valence-electron chi connectivity index (χ3n) is 10.4. The molecule has 1 aromatic carbocycles. The van der Waals surface area contributed by atoms with Crippen LogP contribution in [0.25, 0.3) is 10.9 Å². The van der Waals surface area contributed by atoms with Gasteiger partial charge in [0.2, 0.25) is 5.95 Å². The molecule has 1 aromatic heterocycles. The number of benzene rings is 1. The van der Waals surface area contributed by atoms with Crippen molar-refractivity contribution < 1.29 is 9.47 Å². The van der Waals surface area contributed by atoms with Gasteiger partial charge in [-0.05, 0) is 82.9 Å². The lowest BCUT2D eigenvalue weighted by Gasteiger charge is -2.36. The molecule has 3 aliphatic heterocycles. The minimum absolute atomic E-state index is 0.425. The van der Waals surface area contributed by atoms with Crippen LogP contribution in [0.4, 0.5) is 11.8 Å². The average Bonchev–Trinajstić information content (AvgIpc) is 3.34. The van der Waals surface area contributed by atoms with Gasteiger partial charge in [-0.15, -0.1) is 0 Å². The number of hydrogen-bond acceptors (Lipinski definition) is 8. The van der Waals surface area contributed by atoms with E-state index in [1.807, 2.05) is 0 Å². The molecule has 0 spiro atoms. The first kappa shape index (κ1) is 30.7. The maximum Gasteiger partial charge on any atom is 0.227 e. The Morgan fingerprint density at radius 3 is 2.19 bits per heavy atom. The van der Waals surface area contributed by atoms with Crippen LogP contribution in [0, 0.1) is 5.92 Å². The van der Waals surface area contributed by atoms with Gasteiger partial charge in [0.05, 0.1) is 19.2 Å². The quantitative estimate of drug-likeness (QED) is 0.288. The summed E-state index contributed by atoms with van der Waals surface area (Å²) < 4.78 is 12.2. The van der Waals surface area contributed by atoms with Gasteiger partial charge in [-0.2, -0.15) is 4.98 Å². The number of rotatable bonds is 11. The molecule has 8 nitrogen and oxygen atoms in total. The van der Waals surface area contributed by atoms with Crippen LogP contribution < -0.4 is 19.7 Å². The second-order valence-electron chi connectivity index (χ2n) is 13.6. The molecule has 4 fully saturated rings. The number of anilines is 2. The molecule has 0 bridgehead atoms. The number of nitrogens with one attached hydrogen (secondary N) is 1. The van der Waals surface area contributed by atoms with Crippen LogP contribution in [0.3, 0.4) is 0 Å². The molecule has 0 atom stereocenters. The normalized spacial score (nSPS) is 22.0.